The van der Waals surface area contributed by atoms with Gasteiger partial charge in [0, 0.05) is 72.1 Å². The molecule has 6 aromatic carbocycles. The first-order valence-electron chi connectivity index (χ1n) is 18.6. The van der Waals surface area contributed by atoms with Gasteiger partial charge in [0.25, 0.3) is 0 Å². The zero-order chi connectivity index (χ0) is 41.8. The van der Waals surface area contributed by atoms with E-state index in [1.54, 1.807) is 73.2 Å². The van der Waals surface area contributed by atoms with Crippen LogP contribution in [0.15, 0.2) is 201 Å². The molecule has 0 N–H and O–H groups in total. The second kappa shape index (κ2) is 20.8. The van der Waals surface area contributed by atoms with E-state index < -0.39 is 34.9 Å². The summed E-state index contributed by atoms with van der Waals surface area (Å²) in [6, 6.07) is 51.1. The van der Waals surface area contributed by atoms with Crippen molar-refractivity contribution in [1.82, 2.24) is 15.0 Å². The van der Waals surface area contributed by atoms with Crippen molar-refractivity contribution < 1.29 is 46.4 Å². The van der Waals surface area contributed by atoms with Crippen LogP contribution in [0.5, 0.6) is 0 Å². The zero-order valence-electron chi connectivity index (χ0n) is 32.0. The van der Waals surface area contributed by atoms with E-state index in [4.69, 9.17) is 0 Å². The smallest absolute Gasteiger partial charge is 0.166 e. The summed E-state index contributed by atoms with van der Waals surface area (Å²) in [5, 5.41) is 0. The van der Waals surface area contributed by atoms with E-state index in [0.29, 0.717) is 16.7 Å². The Morgan fingerprint density at radius 1 is 0.262 bits per heavy atom. The average Bonchev–Trinajstić information content (AvgIpc) is 3.30. The molecule has 303 valence electrons. The van der Waals surface area contributed by atoms with Gasteiger partial charge in [-0.3, -0.25) is 15.0 Å². The van der Waals surface area contributed by atoms with Gasteiger partial charge in [-0.25, -0.2) is 26.3 Å². The SMILES string of the molecule is Fc1cccc(-c2cccc(-c3ccccn3)c2)c1F.Fc1cccc(-c2cccc(-c3ccccn3)c2)c1F.Fc1cccc(-c2cccc(-c3ccccn3)c2)c1F.[Ir]. The van der Waals surface area contributed by atoms with Crippen LogP contribution in [0.3, 0.4) is 0 Å². The maximum absolute atomic E-state index is 13.8. The summed E-state index contributed by atoms with van der Waals surface area (Å²) in [6.45, 7) is 0. The summed E-state index contributed by atoms with van der Waals surface area (Å²) >= 11 is 0. The van der Waals surface area contributed by atoms with Gasteiger partial charge in [-0.1, -0.05) is 109 Å². The first-order chi connectivity index (χ1) is 29.3. The Hall–Kier alpha value is -7.00. The summed E-state index contributed by atoms with van der Waals surface area (Å²) < 4.78 is 81.4. The number of benzene rings is 6. The van der Waals surface area contributed by atoms with Gasteiger partial charge < -0.3 is 0 Å². The Balaban J connectivity index is 0.000000152. The molecule has 0 aliphatic carbocycles. The van der Waals surface area contributed by atoms with E-state index in [2.05, 4.69) is 15.0 Å². The summed E-state index contributed by atoms with van der Waals surface area (Å²) in [4.78, 5) is 12.8. The first kappa shape index (κ1) is 43.6. The molecule has 0 aliphatic heterocycles. The second-order valence-corrected chi connectivity index (χ2v) is 13.2. The van der Waals surface area contributed by atoms with E-state index in [9.17, 15) is 26.3 Å². The monoisotopic (exact) mass is 994 g/mol. The maximum Gasteiger partial charge on any atom is 0.166 e. The normalized spacial score (nSPS) is 10.3. The van der Waals surface area contributed by atoms with Gasteiger partial charge in [0.05, 0.1) is 17.1 Å². The van der Waals surface area contributed by atoms with Crippen molar-refractivity contribution in [2.24, 2.45) is 0 Å². The van der Waals surface area contributed by atoms with Crippen LogP contribution in [0.25, 0.3) is 67.2 Å². The number of nitrogens with zero attached hydrogens (tertiary/aromatic N) is 3. The van der Waals surface area contributed by atoms with Gasteiger partial charge in [0.15, 0.2) is 34.9 Å². The summed E-state index contributed by atoms with van der Waals surface area (Å²) in [5.41, 5.74) is 7.64. The minimum absolute atomic E-state index is 0. The van der Waals surface area contributed by atoms with Crippen LogP contribution in [0.1, 0.15) is 0 Å². The van der Waals surface area contributed by atoms with Crippen molar-refractivity contribution >= 4 is 0 Å². The molecule has 1 radical (unpaired) electrons. The standard InChI is InChI=1S/3C17H11F2N.Ir/c3*18-15-8-4-7-14(17(15)19)12-5-3-6-13(11-12)16-9-1-2-10-20-16;/h3*1-11H;. The maximum atomic E-state index is 13.8. The van der Waals surface area contributed by atoms with Gasteiger partial charge >= 0.3 is 0 Å². The van der Waals surface area contributed by atoms with Gasteiger partial charge in [0.2, 0.25) is 0 Å². The van der Waals surface area contributed by atoms with Crippen molar-refractivity contribution in [3.63, 3.8) is 0 Å². The van der Waals surface area contributed by atoms with E-state index in [1.165, 1.54) is 18.2 Å². The van der Waals surface area contributed by atoms with Crippen LogP contribution in [-0.4, -0.2) is 15.0 Å². The van der Waals surface area contributed by atoms with Gasteiger partial charge in [-0.15, -0.1) is 0 Å². The van der Waals surface area contributed by atoms with Crippen molar-refractivity contribution in [3.8, 4) is 67.2 Å². The number of aromatic nitrogens is 3. The number of hydrogen-bond donors (Lipinski definition) is 0. The minimum atomic E-state index is -0.842. The van der Waals surface area contributed by atoms with Crippen LogP contribution in [0.2, 0.25) is 0 Å². The van der Waals surface area contributed by atoms with Gasteiger partial charge in [-0.05, 0) is 89.5 Å². The van der Waals surface area contributed by atoms with Crippen LogP contribution in [0.4, 0.5) is 26.3 Å². The fourth-order valence-corrected chi connectivity index (χ4v) is 6.32. The molecule has 0 atom stereocenters. The molecule has 0 fully saturated rings. The molecule has 3 aromatic heterocycles. The largest absolute Gasteiger partial charge is 0.256 e. The molecule has 9 rings (SSSR count). The van der Waals surface area contributed by atoms with E-state index in [-0.39, 0.29) is 36.8 Å². The second-order valence-electron chi connectivity index (χ2n) is 13.2. The Bertz CT molecular complexity index is 2530. The number of halogens is 6. The predicted octanol–water partition coefficient (Wildman–Crippen LogP) is 14.1. The fraction of sp³-hybridized carbons (Fsp3) is 0. The molecule has 0 saturated carbocycles. The Morgan fingerprint density at radius 3 is 0.787 bits per heavy atom. The van der Waals surface area contributed by atoms with E-state index in [0.717, 1.165) is 52.0 Å². The van der Waals surface area contributed by atoms with Crippen molar-refractivity contribution in [3.05, 3.63) is 235 Å². The number of pyridine rings is 3. The van der Waals surface area contributed by atoms with E-state index in [1.807, 2.05) is 91.0 Å². The first-order valence-corrected chi connectivity index (χ1v) is 18.6. The molecule has 0 amide bonds. The molecule has 0 aliphatic rings. The minimum Gasteiger partial charge on any atom is -0.256 e. The molecule has 0 unspecified atom stereocenters. The molecule has 0 bridgehead atoms. The average molecular weight is 994 g/mol. The number of rotatable bonds is 6. The predicted molar refractivity (Wildman–Crippen MR) is 225 cm³/mol. The Morgan fingerprint density at radius 2 is 0.525 bits per heavy atom. The third kappa shape index (κ3) is 10.8. The molecule has 0 saturated heterocycles. The Labute approximate surface area is 362 Å². The van der Waals surface area contributed by atoms with Crippen molar-refractivity contribution in [2.45, 2.75) is 0 Å². The topological polar surface area (TPSA) is 38.7 Å². The third-order valence-electron chi connectivity index (χ3n) is 9.26. The summed E-state index contributed by atoms with van der Waals surface area (Å²) in [5.74, 6) is -5.01. The fourth-order valence-electron chi connectivity index (χ4n) is 6.32. The van der Waals surface area contributed by atoms with Crippen molar-refractivity contribution in [2.75, 3.05) is 0 Å². The zero-order valence-corrected chi connectivity index (χ0v) is 34.4. The van der Waals surface area contributed by atoms with Crippen LogP contribution >= 0.6 is 0 Å². The molecular weight excluding hydrogens is 961 g/mol. The molecule has 0 spiro atoms. The molecule has 9 aromatic rings. The van der Waals surface area contributed by atoms with Gasteiger partial charge in [-0.2, -0.15) is 0 Å². The quantitative estimate of drug-likeness (QED) is 0.156. The third-order valence-corrected chi connectivity index (χ3v) is 9.26. The molecule has 3 nitrogen and oxygen atoms in total. The van der Waals surface area contributed by atoms with Crippen LogP contribution in [0, 0.1) is 34.9 Å². The summed E-state index contributed by atoms with van der Waals surface area (Å²) in [7, 11) is 0. The number of hydrogen-bond acceptors (Lipinski definition) is 3. The van der Waals surface area contributed by atoms with Gasteiger partial charge in [0.1, 0.15) is 0 Å². The molecular formula is C51H33F6IrN3. The van der Waals surface area contributed by atoms with Crippen LogP contribution < -0.4 is 0 Å². The van der Waals surface area contributed by atoms with Crippen LogP contribution in [-0.2, 0) is 20.1 Å². The van der Waals surface area contributed by atoms with E-state index >= 15 is 0 Å². The Kier molecular flexibility index (Phi) is 14.9. The van der Waals surface area contributed by atoms with Crippen molar-refractivity contribution in [1.29, 1.82) is 0 Å². The molecule has 61 heavy (non-hydrogen) atoms. The molecule has 10 heteroatoms. The molecule has 3 heterocycles. The summed E-state index contributed by atoms with van der Waals surface area (Å²) in [6.07, 6.45) is 5.10.